The van der Waals surface area contributed by atoms with Crippen LogP contribution in [0.1, 0.15) is 132 Å². The van der Waals surface area contributed by atoms with Gasteiger partial charge in [-0.15, -0.1) is 0 Å². The number of phenolic OH excluding ortho intramolecular Hbond substituents is 1. The number of methoxy groups -OCH3 is 1. The topological polar surface area (TPSA) is 174 Å². The molecule has 2 aromatic carbocycles. The minimum Gasteiger partial charge on any atom is -0.506 e. The molecule has 0 radical (unpaired) electrons. The number of piperazine rings is 1. The molecule has 1 aromatic heterocycles. The molecule has 15 heteroatoms. The van der Waals surface area contributed by atoms with Gasteiger partial charge in [-0.05, 0) is 118 Å². The van der Waals surface area contributed by atoms with Gasteiger partial charge in [-0.2, -0.15) is 0 Å². The van der Waals surface area contributed by atoms with Crippen LogP contribution in [0.4, 0.5) is 10.1 Å². The van der Waals surface area contributed by atoms with Gasteiger partial charge in [0, 0.05) is 79.2 Å². The summed E-state index contributed by atoms with van der Waals surface area (Å²) in [5, 5.41) is 22.3. The number of Topliss-reactive ketones (excluding diaryl/α,β-unsaturated/α-hetero) is 2. The molecule has 4 aliphatic carbocycles. The van der Waals surface area contributed by atoms with Crippen LogP contribution in [-0.4, -0.2) is 105 Å². The van der Waals surface area contributed by atoms with Crippen molar-refractivity contribution in [2.75, 3.05) is 38.2 Å². The first-order valence-electron chi connectivity index (χ1n) is 25.0. The number of anilines is 1. The number of carboxylic acids is 1. The molecule has 8 aliphatic rings. The maximum atomic E-state index is 16.3. The normalized spacial score (nSPS) is 29.2. The number of carboxylic acid groups (broad SMARTS) is 1. The lowest BCUT2D eigenvalue weighted by Crippen LogP contribution is -2.82. The zero-order valence-corrected chi connectivity index (χ0v) is 42.1. The number of fused-ring (bicyclic) bond motifs is 3. The van der Waals surface area contributed by atoms with Gasteiger partial charge < -0.3 is 38.6 Å². The van der Waals surface area contributed by atoms with Crippen molar-refractivity contribution in [1.82, 2.24) is 9.47 Å². The summed E-state index contributed by atoms with van der Waals surface area (Å²) in [6.45, 7) is 16.8. The number of allylic oxidation sites excluding steroid dienone is 4. The van der Waals surface area contributed by atoms with Crippen molar-refractivity contribution in [2.45, 2.75) is 135 Å². The number of phenols is 1. The summed E-state index contributed by atoms with van der Waals surface area (Å²) in [6.07, 6.45) is 14.5. The number of esters is 1. The lowest BCUT2D eigenvalue weighted by Gasteiger charge is -2.65. The largest absolute Gasteiger partial charge is 0.506 e. The van der Waals surface area contributed by atoms with Crippen LogP contribution in [0.15, 0.2) is 64.1 Å². The molecular formula is C56H64FN3O11. The van der Waals surface area contributed by atoms with Gasteiger partial charge in [-0.25, -0.2) is 14.0 Å². The van der Waals surface area contributed by atoms with Crippen molar-refractivity contribution < 1.29 is 52.7 Å². The molecule has 4 aliphatic heterocycles. The van der Waals surface area contributed by atoms with E-state index in [9.17, 15) is 24.6 Å². The molecule has 14 nitrogen and oxygen atoms in total. The van der Waals surface area contributed by atoms with Gasteiger partial charge >= 0.3 is 11.9 Å². The Morgan fingerprint density at radius 1 is 0.944 bits per heavy atom. The Labute approximate surface area is 412 Å². The molecule has 5 heterocycles. The number of aromatic hydroxyl groups is 1. The first-order valence-corrected chi connectivity index (χ1v) is 25.0. The van der Waals surface area contributed by atoms with E-state index in [-0.39, 0.29) is 57.7 Å². The highest BCUT2D eigenvalue weighted by Gasteiger charge is 2.86. The lowest BCUT2D eigenvalue weighted by atomic mass is 9.44. The number of rotatable bonds is 12. The number of ether oxygens (including phenoxy) is 4. The van der Waals surface area contributed by atoms with Gasteiger partial charge in [0.05, 0.1) is 35.4 Å². The Morgan fingerprint density at radius 3 is 2.30 bits per heavy atom. The van der Waals surface area contributed by atoms with E-state index in [1.54, 1.807) is 23.6 Å². The number of nitrogens with zero attached hydrogens (tertiary/aromatic N) is 3. The van der Waals surface area contributed by atoms with Gasteiger partial charge in [0.1, 0.15) is 39.8 Å². The van der Waals surface area contributed by atoms with Crippen LogP contribution in [0.25, 0.3) is 17.0 Å². The highest BCUT2D eigenvalue weighted by molar-refractivity contribution is 6.10. The van der Waals surface area contributed by atoms with Crippen LogP contribution in [0.3, 0.4) is 0 Å². The number of aromatic nitrogens is 1. The van der Waals surface area contributed by atoms with Crippen molar-refractivity contribution in [3.05, 3.63) is 97.6 Å². The third kappa shape index (κ3) is 7.41. The Kier molecular flexibility index (Phi) is 11.7. The van der Waals surface area contributed by atoms with E-state index >= 15 is 14.0 Å². The van der Waals surface area contributed by atoms with E-state index < -0.39 is 74.9 Å². The summed E-state index contributed by atoms with van der Waals surface area (Å²) in [6, 6.07) is 2.06. The smallest absolute Gasteiger partial charge is 0.341 e. The maximum absolute atomic E-state index is 16.3. The number of hydrogen-bond acceptors (Lipinski definition) is 12. The monoisotopic (exact) mass is 973 g/mol. The van der Waals surface area contributed by atoms with E-state index in [4.69, 9.17) is 18.9 Å². The molecule has 4 bridgehead atoms. The second-order valence-corrected chi connectivity index (χ2v) is 22.1. The average Bonchev–Trinajstić information content (AvgIpc) is 4.15. The van der Waals surface area contributed by atoms with Crippen molar-refractivity contribution in [3.63, 3.8) is 0 Å². The summed E-state index contributed by atoms with van der Waals surface area (Å²) in [5.74, 6) is -5.13. The molecular weight excluding hydrogens is 910 g/mol. The predicted molar refractivity (Wildman–Crippen MR) is 265 cm³/mol. The Bertz CT molecular complexity index is 3020. The molecule has 2 N–H and O–H groups in total. The van der Waals surface area contributed by atoms with Crippen LogP contribution in [0.5, 0.6) is 17.2 Å². The Balaban J connectivity index is 1.10. The van der Waals surface area contributed by atoms with Crippen molar-refractivity contribution in [1.29, 1.82) is 0 Å². The van der Waals surface area contributed by atoms with Gasteiger partial charge in [0.15, 0.2) is 22.8 Å². The SMILES string of the molecule is COC(=O)/C(C)=C\CC12OC(C)(C)C3CC(C1=O)C(N1CCN(c4cc5c(cc4F)c(=O)c(C(=O)O)cn5C4CC4)CC1)C1C(=O)c4c(O)c5c(c(CC=C(C)C)c4OC132)OC(C)(CCC=C(C)C)C=C5. The third-order valence-electron chi connectivity index (χ3n) is 16.6. The fraction of sp³-hybridized carbons (Fsp3) is 0.518. The molecule has 2 saturated heterocycles. The number of aromatic carboxylic acids is 1. The number of benzene rings is 2. The fourth-order valence-electron chi connectivity index (χ4n) is 13.1. The molecule has 376 valence electrons. The second kappa shape index (κ2) is 17.0. The molecule has 1 spiro atoms. The number of ketones is 2. The standard InChI is InChI=1S/C56H64FN3O11/c1-29(2)11-10-18-54(8)19-17-33-46(62)42-47(63)43-44(59-23-21-58(22-24-59)40-27-39-35(25-38(40)57)45(61)37(51(65)66)28-60(39)32-13-14-32)36-26-41-53(6,7)71-55(50(36)64,20-16-31(5)52(67)68-9)56(41,43)70-49(42)34(48(33)69-54)15-12-30(3)4/h11-12,16-17,19,25,27-28,32,36,41,43-44,62H,10,13-15,18,20-24,26H2,1-9H3,(H,65,66)/b31-16-. The fourth-order valence-corrected chi connectivity index (χ4v) is 13.1. The van der Waals surface area contributed by atoms with E-state index in [0.717, 1.165) is 30.9 Å². The quantitative estimate of drug-likeness (QED) is 0.100. The van der Waals surface area contributed by atoms with Crippen LogP contribution in [0.2, 0.25) is 0 Å². The van der Waals surface area contributed by atoms with Crippen LogP contribution < -0.4 is 19.8 Å². The van der Waals surface area contributed by atoms with Gasteiger partial charge in [0.25, 0.3) is 0 Å². The first-order chi connectivity index (χ1) is 33.6. The molecule has 3 aromatic rings. The van der Waals surface area contributed by atoms with Crippen molar-refractivity contribution >= 4 is 46.2 Å². The van der Waals surface area contributed by atoms with Gasteiger partial charge in [-0.3, -0.25) is 19.3 Å². The highest BCUT2D eigenvalue weighted by atomic mass is 19.1. The molecule has 6 fully saturated rings. The number of hydrogen-bond donors (Lipinski definition) is 2. The lowest BCUT2D eigenvalue weighted by molar-refractivity contribution is -0.213. The second-order valence-electron chi connectivity index (χ2n) is 22.1. The van der Waals surface area contributed by atoms with Gasteiger partial charge in [0.2, 0.25) is 5.43 Å². The molecule has 7 atom stereocenters. The van der Waals surface area contributed by atoms with Crippen LogP contribution >= 0.6 is 0 Å². The van der Waals surface area contributed by atoms with E-state index in [2.05, 4.69) is 11.0 Å². The zero-order valence-electron chi connectivity index (χ0n) is 42.1. The summed E-state index contributed by atoms with van der Waals surface area (Å²) < 4.78 is 44.8. The van der Waals surface area contributed by atoms with Gasteiger partial charge in [-0.1, -0.05) is 29.4 Å². The highest BCUT2D eigenvalue weighted by Crippen LogP contribution is 2.71. The Morgan fingerprint density at radius 2 is 1.65 bits per heavy atom. The summed E-state index contributed by atoms with van der Waals surface area (Å²) in [4.78, 5) is 74.2. The van der Waals surface area contributed by atoms with Crippen molar-refractivity contribution in [2.24, 2.45) is 17.8 Å². The van der Waals surface area contributed by atoms with E-state index in [1.165, 1.54) is 18.9 Å². The average molecular weight is 974 g/mol. The summed E-state index contributed by atoms with van der Waals surface area (Å²) >= 11 is 0. The number of carbonyl (C=O) groups is 4. The zero-order chi connectivity index (χ0) is 50.9. The molecule has 11 rings (SSSR count). The molecule has 71 heavy (non-hydrogen) atoms. The number of halogens is 1. The van der Waals surface area contributed by atoms with Crippen LogP contribution in [0, 0.1) is 23.6 Å². The minimum atomic E-state index is -1.74. The molecule has 7 unspecified atom stereocenters. The van der Waals surface area contributed by atoms with Crippen molar-refractivity contribution in [3.8, 4) is 17.2 Å². The van der Waals surface area contributed by atoms with E-state index in [0.29, 0.717) is 67.8 Å². The summed E-state index contributed by atoms with van der Waals surface area (Å²) in [7, 11) is 1.29. The predicted octanol–water partition coefficient (Wildman–Crippen LogP) is 8.70. The Hall–Kier alpha value is -6.06. The number of carbonyl (C=O) groups excluding carboxylic acids is 3. The summed E-state index contributed by atoms with van der Waals surface area (Å²) in [5.41, 5.74) is -2.07. The maximum Gasteiger partial charge on any atom is 0.341 e. The molecule has 0 amide bonds. The first kappa shape index (κ1) is 48.6. The number of pyridine rings is 1. The minimum absolute atomic E-state index is 0.000296. The third-order valence-corrected chi connectivity index (χ3v) is 16.6. The van der Waals surface area contributed by atoms with Crippen LogP contribution in [-0.2, 0) is 25.5 Å². The van der Waals surface area contributed by atoms with E-state index in [1.807, 2.05) is 71.6 Å². The molecule has 4 saturated carbocycles.